The van der Waals surface area contributed by atoms with Crippen molar-refractivity contribution in [2.45, 2.75) is 23.8 Å². The van der Waals surface area contributed by atoms with Crippen LogP contribution in [0.4, 0.5) is 8.78 Å². The average molecular weight is 316 g/mol. The second-order valence-electron chi connectivity index (χ2n) is 4.49. The van der Waals surface area contributed by atoms with Crippen molar-refractivity contribution in [1.29, 1.82) is 5.26 Å². The molecule has 2 rings (SSSR count). The topological polar surface area (TPSA) is 98.5 Å². The van der Waals surface area contributed by atoms with Crippen LogP contribution in [0.1, 0.15) is 18.4 Å². The highest BCUT2D eigenvalue weighted by Crippen LogP contribution is 2.29. The molecule has 0 unspecified atom stereocenters. The van der Waals surface area contributed by atoms with E-state index in [1.807, 2.05) is 0 Å². The van der Waals surface area contributed by atoms with E-state index in [-0.39, 0.29) is 24.9 Å². The minimum atomic E-state index is -4.63. The van der Waals surface area contributed by atoms with Crippen LogP contribution in [0.25, 0.3) is 0 Å². The molecule has 1 atom stereocenters. The maximum atomic E-state index is 13.8. The molecular formula is C12H10F2N2O4S. The summed E-state index contributed by atoms with van der Waals surface area (Å²) in [4.78, 5) is 9.80. The summed E-state index contributed by atoms with van der Waals surface area (Å²) >= 11 is 0. The van der Waals surface area contributed by atoms with Gasteiger partial charge in [0.05, 0.1) is 11.6 Å². The average Bonchev–Trinajstić information content (AvgIpc) is 2.87. The third-order valence-corrected chi connectivity index (χ3v) is 5.14. The normalized spacial score (nSPS) is 19.4. The maximum Gasteiger partial charge on any atom is 0.322 e. The smallest absolute Gasteiger partial charge is 0.322 e. The number of sulfonamides is 1. The highest BCUT2D eigenvalue weighted by Gasteiger charge is 2.42. The van der Waals surface area contributed by atoms with Crippen molar-refractivity contribution >= 4 is 16.0 Å². The number of carboxylic acid groups (broad SMARTS) is 1. The number of carboxylic acids is 1. The molecule has 1 aromatic rings. The molecule has 1 fully saturated rings. The zero-order valence-electron chi connectivity index (χ0n) is 10.6. The van der Waals surface area contributed by atoms with Crippen molar-refractivity contribution in [3.63, 3.8) is 0 Å². The van der Waals surface area contributed by atoms with Crippen molar-refractivity contribution in [1.82, 2.24) is 4.31 Å². The molecule has 0 radical (unpaired) electrons. The van der Waals surface area contributed by atoms with Crippen LogP contribution in [-0.4, -0.2) is 36.4 Å². The van der Waals surface area contributed by atoms with Gasteiger partial charge in [-0.05, 0) is 25.0 Å². The molecule has 0 bridgehead atoms. The largest absolute Gasteiger partial charge is 0.480 e. The number of rotatable bonds is 3. The standard InChI is InChI=1S/C12H10F2N2O4S/c13-8-4-7(6-15)5-9(14)11(8)21(19,20)16-3-1-2-10(16)12(17)18/h4-5,10H,1-3H2,(H,17,18)/t10-/m1/s1. The summed E-state index contributed by atoms with van der Waals surface area (Å²) in [7, 11) is -4.63. The van der Waals surface area contributed by atoms with Gasteiger partial charge in [-0.15, -0.1) is 0 Å². The van der Waals surface area contributed by atoms with Crippen LogP contribution in [0, 0.1) is 23.0 Å². The third-order valence-electron chi connectivity index (χ3n) is 3.18. The van der Waals surface area contributed by atoms with Crippen LogP contribution in [-0.2, 0) is 14.8 Å². The Kier molecular flexibility index (Phi) is 3.93. The van der Waals surface area contributed by atoms with Gasteiger partial charge >= 0.3 is 5.97 Å². The van der Waals surface area contributed by atoms with E-state index in [2.05, 4.69) is 0 Å². The SMILES string of the molecule is N#Cc1cc(F)c(S(=O)(=O)N2CCC[C@@H]2C(=O)O)c(F)c1. The number of benzene rings is 1. The highest BCUT2D eigenvalue weighted by atomic mass is 32.2. The molecule has 0 amide bonds. The summed E-state index contributed by atoms with van der Waals surface area (Å²) < 4.78 is 52.8. The first-order valence-corrected chi connectivity index (χ1v) is 7.37. The fourth-order valence-corrected chi connectivity index (χ4v) is 4.01. The molecule has 6 nitrogen and oxygen atoms in total. The fraction of sp³-hybridized carbons (Fsp3) is 0.333. The van der Waals surface area contributed by atoms with Gasteiger partial charge in [0.2, 0.25) is 10.0 Å². The molecular weight excluding hydrogens is 306 g/mol. The summed E-state index contributed by atoms with van der Waals surface area (Å²) in [5, 5.41) is 17.6. The number of aliphatic carboxylic acids is 1. The Morgan fingerprint density at radius 3 is 2.43 bits per heavy atom. The van der Waals surface area contributed by atoms with Crippen LogP contribution >= 0.6 is 0 Å². The van der Waals surface area contributed by atoms with E-state index >= 15 is 0 Å². The van der Waals surface area contributed by atoms with Gasteiger partial charge in [0.15, 0.2) is 4.90 Å². The van der Waals surface area contributed by atoms with Gasteiger partial charge in [0, 0.05) is 6.54 Å². The zero-order valence-corrected chi connectivity index (χ0v) is 11.4. The maximum absolute atomic E-state index is 13.8. The van der Waals surface area contributed by atoms with Gasteiger partial charge < -0.3 is 5.11 Å². The van der Waals surface area contributed by atoms with Gasteiger partial charge in [0.25, 0.3) is 0 Å². The predicted molar refractivity (Wildman–Crippen MR) is 65.6 cm³/mol. The Balaban J connectivity index is 2.55. The van der Waals surface area contributed by atoms with E-state index in [1.165, 1.54) is 6.07 Å². The molecule has 1 aromatic carbocycles. The van der Waals surface area contributed by atoms with Crippen molar-refractivity contribution in [2.75, 3.05) is 6.54 Å². The molecule has 112 valence electrons. The lowest BCUT2D eigenvalue weighted by Crippen LogP contribution is -2.41. The summed E-state index contributed by atoms with van der Waals surface area (Å²) in [6.07, 6.45) is 0.365. The lowest BCUT2D eigenvalue weighted by Gasteiger charge is -2.21. The van der Waals surface area contributed by atoms with Gasteiger partial charge in [-0.3, -0.25) is 4.79 Å². The second-order valence-corrected chi connectivity index (χ2v) is 6.32. The molecule has 0 aliphatic carbocycles. The summed E-state index contributed by atoms with van der Waals surface area (Å²) in [5.74, 6) is -4.20. The molecule has 1 aliphatic heterocycles. The fourth-order valence-electron chi connectivity index (χ4n) is 2.26. The summed E-state index contributed by atoms with van der Waals surface area (Å²) in [6.45, 7) is -0.127. The second kappa shape index (κ2) is 5.38. The number of hydrogen-bond acceptors (Lipinski definition) is 4. The number of nitriles is 1. The Labute approximate surface area is 119 Å². The Morgan fingerprint density at radius 1 is 1.38 bits per heavy atom. The van der Waals surface area contributed by atoms with E-state index in [1.54, 1.807) is 0 Å². The Bertz CT molecular complexity index is 719. The van der Waals surface area contributed by atoms with Crippen LogP contribution in [0.15, 0.2) is 17.0 Å². The van der Waals surface area contributed by atoms with Crippen molar-refractivity contribution in [3.8, 4) is 6.07 Å². The van der Waals surface area contributed by atoms with Gasteiger partial charge in [-0.2, -0.15) is 9.57 Å². The quantitative estimate of drug-likeness (QED) is 0.899. The first kappa shape index (κ1) is 15.3. The van der Waals surface area contributed by atoms with Crippen LogP contribution in [0.5, 0.6) is 0 Å². The predicted octanol–water partition coefficient (Wildman–Crippen LogP) is 1.07. The molecule has 0 saturated carbocycles. The molecule has 0 spiro atoms. The van der Waals surface area contributed by atoms with Crippen LogP contribution in [0.2, 0.25) is 0 Å². The monoisotopic (exact) mass is 316 g/mol. The first-order valence-electron chi connectivity index (χ1n) is 5.93. The van der Waals surface area contributed by atoms with Crippen LogP contribution < -0.4 is 0 Å². The number of carbonyl (C=O) groups is 1. The number of halogens is 2. The lowest BCUT2D eigenvalue weighted by atomic mass is 10.2. The highest BCUT2D eigenvalue weighted by molar-refractivity contribution is 7.89. The third kappa shape index (κ3) is 2.59. The summed E-state index contributed by atoms with van der Waals surface area (Å²) in [5.41, 5.74) is -0.361. The van der Waals surface area contributed by atoms with Crippen molar-refractivity contribution < 1.29 is 27.1 Å². The Hall–Kier alpha value is -2.05. The minimum absolute atomic E-state index is 0.0775. The van der Waals surface area contributed by atoms with Crippen LogP contribution in [0.3, 0.4) is 0 Å². The van der Waals surface area contributed by atoms with Gasteiger partial charge in [0.1, 0.15) is 17.7 Å². The van der Waals surface area contributed by atoms with E-state index in [4.69, 9.17) is 10.4 Å². The molecule has 1 saturated heterocycles. The van der Waals surface area contributed by atoms with Gasteiger partial charge in [-0.1, -0.05) is 0 Å². The first-order chi connectivity index (χ1) is 9.78. The molecule has 21 heavy (non-hydrogen) atoms. The number of hydrogen-bond donors (Lipinski definition) is 1. The van der Waals surface area contributed by atoms with Crippen molar-refractivity contribution in [2.24, 2.45) is 0 Å². The van der Waals surface area contributed by atoms with Gasteiger partial charge in [-0.25, -0.2) is 17.2 Å². The molecule has 9 heteroatoms. The van der Waals surface area contributed by atoms with E-state index < -0.39 is 38.6 Å². The Morgan fingerprint density at radius 2 is 1.95 bits per heavy atom. The molecule has 1 heterocycles. The van der Waals surface area contributed by atoms with E-state index in [9.17, 15) is 22.0 Å². The zero-order chi connectivity index (χ0) is 15.8. The minimum Gasteiger partial charge on any atom is -0.480 e. The molecule has 0 aromatic heterocycles. The van der Waals surface area contributed by atoms with E-state index in [0.29, 0.717) is 16.4 Å². The molecule has 1 N–H and O–H groups in total. The van der Waals surface area contributed by atoms with Crippen molar-refractivity contribution in [3.05, 3.63) is 29.3 Å². The number of nitrogens with zero attached hydrogens (tertiary/aromatic N) is 2. The van der Waals surface area contributed by atoms with E-state index in [0.717, 1.165) is 0 Å². The lowest BCUT2D eigenvalue weighted by molar-refractivity contribution is -0.140. The molecule has 1 aliphatic rings. The summed E-state index contributed by atoms with van der Waals surface area (Å²) in [6, 6.07) is 1.36.